The minimum atomic E-state index is 0.283. The lowest BCUT2D eigenvalue weighted by molar-refractivity contribution is 0.174. The molecule has 0 atom stereocenters. The number of ether oxygens (including phenoxy) is 2. The van der Waals surface area contributed by atoms with Crippen LogP contribution in [-0.2, 0) is 0 Å². The molecule has 0 unspecified atom stereocenters. The lowest BCUT2D eigenvalue weighted by atomic mass is 10.1. The van der Waals surface area contributed by atoms with Gasteiger partial charge in [-0.15, -0.1) is 0 Å². The number of benzene rings is 1. The Labute approximate surface area is 106 Å². The van der Waals surface area contributed by atoms with Crippen LogP contribution >= 0.6 is 22.6 Å². The summed E-state index contributed by atoms with van der Waals surface area (Å²) >= 11 is 2.22. The van der Waals surface area contributed by atoms with Crippen LogP contribution in [0, 0.1) is 10.5 Å². The van der Waals surface area contributed by atoms with Crippen LogP contribution < -0.4 is 9.47 Å². The largest absolute Gasteiger partial charge is 0.454 e. The van der Waals surface area contributed by atoms with Crippen molar-refractivity contribution in [2.45, 2.75) is 6.92 Å². The SMILES string of the molecule is Cc1noc(-c2ccc3c(c2)OCO3)c1I. The molecule has 82 valence electrons. The van der Waals surface area contributed by atoms with E-state index in [1.807, 2.05) is 25.1 Å². The molecule has 0 bridgehead atoms. The van der Waals surface area contributed by atoms with Gasteiger partial charge in [0.05, 0.1) is 9.26 Å². The third kappa shape index (κ3) is 1.46. The van der Waals surface area contributed by atoms with E-state index in [9.17, 15) is 0 Å². The van der Waals surface area contributed by atoms with Gasteiger partial charge in [0.25, 0.3) is 0 Å². The third-order valence-corrected chi connectivity index (χ3v) is 3.70. The summed E-state index contributed by atoms with van der Waals surface area (Å²) in [6.45, 7) is 2.20. The monoisotopic (exact) mass is 329 g/mol. The molecule has 0 aliphatic carbocycles. The van der Waals surface area contributed by atoms with E-state index in [2.05, 4.69) is 27.7 Å². The number of rotatable bonds is 1. The zero-order valence-electron chi connectivity index (χ0n) is 8.49. The fraction of sp³-hybridized carbons (Fsp3) is 0.182. The number of hydrogen-bond acceptors (Lipinski definition) is 4. The van der Waals surface area contributed by atoms with Crippen molar-refractivity contribution >= 4 is 22.6 Å². The van der Waals surface area contributed by atoms with Crippen LogP contribution in [0.5, 0.6) is 11.5 Å². The zero-order valence-corrected chi connectivity index (χ0v) is 10.6. The van der Waals surface area contributed by atoms with Gasteiger partial charge >= 0.3 is 0 Å². The predicted molar refractivity (Wildman–Crippen MR) is 65.5 cm³/mol. The highest BCUT2D eigenvalue weighted by molar-refractivity contribution is 14.1. The van der Waals surface area contributed by atoms with E-state index < -0.39 is 0 Å². The first-order valence-electron chi connectivity index (χ1n) is 4.77. The van der Waals surface area contributed by atoms with Crippen molar-refractivity contribution in [3.8, 4) is 22.8 Å². The van der Waals surface area contributed by atoms with E-state index in [0.29, 0.717) is 0 Å². The molecule has 0 saturated heterocycles. The summed E-state index contributed by atoms with van der Waals surface area (Å²) in [6.07, 6.45) is 0. The van der Waals surface area contributed by atoms with E-state index in [0.717, 1.165) is 32.1 Å². The number of halogens is 1. The first kappa shape index (κ1) is 9.95. The highest BCUT2D eigenvalue weighted by Gasteiger charge is 2.17. The Balaban J connectivity index is 2.10. The van der Waals surface area contributed by atoms with E-state index in [4.69, 9.17) is 14.0 Å². The second-order valence-corrected chi connectivity index (χ2v) is 4.56. The van der Waals surface area contributed by atoms with Gasteiger partial charge in [0.15, 0.2) is 17.3 Å². The average Bonchev–Trinajstić information content (AvgIpc) is 2.86. The van der Waals surface area contributed by atoms with Crippen molar-refractivity contribution < 1.29 is 14.0 Å². The summed E-state index contributed by atoms with van der Waals surface area (Å²) in [5, 5.41) is 3.93. The Bertz CT molecular complexity index is 550. The normalized spacial score (nSPS) is 13.1. The van der Waals surface area contributed by atoms with Crippen LogP contribution in [0.2, 0.25) is 0 Å². The first-order chi connectivity index (χ1) is 7.75. The first-order valence-corrected chi connectivity index (χ1v) is 5.85. The van der Waals surface area contributed by atoms with Crippen LogP contribution in [0.3, 0.4) is 0 Å². The van der Waals surface area contributed by atoms with Crippen LogP contribution in [-0.4, -0.2) is 11.9 Å². The molecule has 2 aromatic rings. The summed E-state index contributed by atoms with van der Waals surface area (Å²) < 4.78 is 16.9. The number of aromatic nitrogens is 1. The molecule has 0 fully saturated rings. The van der Waals surface area contributed by atoms with Crippen molar-refractivity contribution in [2.24, 2.45) is 0 Å². The van der Waals surface area contributed by atoms with Gasteiger partial charge in [-0.3, -0.25) is 0 Å². The molecule has 0 amide bonds. The van der Waals surface area contributed by atoms with Gasteiger partial charge in [0, 0.05) is 5.56 Å². The van der Waals surface area contributed by atoms with E-state index in [1.54, 1.807) is 0 Å². The highest BCUT2D eigenvalue weighted by atomic mass is 127. The Morgan fingerprint density at radius 1 is 1.25 bits per heavy atom. The molecule has 2 heterocycles. The molecule has 5 heteroatoms. The smallest absolute Gasteiger partial charge is 0.231 e. The molecule has 4 nitrogen and oxygen atoms in total. The van der Waals surface area contributed by atoms with Crippen molar-refractivity contribution in [3.05, 3.63) is 27.5 Å². The summed E-state index contributed by atoms with van der Waals surface area (Å²) in [6, 6.07) is 5.73. The standard InChI is InChI=1S/C11H8INO3/c1-6-10(12)11(16-13-6)7-2-3-8-9(4-7)15-5-14-8/h2-4H,5H2,1H3. The maximum atomic E-state index is 5.32. The van der Waals surface area contributed by atoms with Gasteiger partial charge < -0.3 is 14.0 Å². The van der Waals surface area contributed by atoms with E-state index in [-0.39, 0.29) is 6.79 Å². The predicted octanol–water partition coefficient (Wildman–Crippen LogP) is 2.98. The number of aryl methyl sites for hydroxylation is 1. The lowest BCUT2D eigenvalue weighted by Gasteiger charge is -1.99. The minimum absolute atomic E-state index is 0.283. The Morgan fingerprint density at radius 3 is 2.81 bits per heavy atom. The Kier molecular flexibility index (Phi) is 2.27. The number of fused-ring (bicyclic) bond motifs is 1. The molecule has 0 N–H and O–H groups in total. The number of hydrogen-bond donors (Lipinski definition) is 0. The molecule has 1 aliphatic heterocycles. The molecule has 1 aromatic carbocycles. The molecular weight excluding hydrogens is 321 g/mol. The van der Waals surface area contributed by atoms with Crippen molar-refractivity contribution in [3.63, 3.8) is 0 Å². The Morgan fingerprint density at radius 2 is 2.06 bits per heavy atom. The van der Waals surface area contributed by atoms with E-state index in [1.165, 1.54) is 0 Å². The molecule has 1 aromatic heterocycles. The molecule has 3 rings (SSSR count). The third-order valence-electron chi connectivity index (χ3n) is 2.43. The lowest BCUT2D eigenvalue weighted by Crippen LogP contribution is -1.92. The van der Waals surface area contributed by atoms with Gasteiger partial charge in [-0.05, 0) is 47.7 Å². The molecule has 0 saturated carbocycles. The Hall–Kier alpha value is -1.24. The van der Waals surface area contributed by atoms with Crippen molar-refractivity contribution in [1.82, 2.24) is 5.16 Å². The summed E-state index contributed by atoms with van der Waals surface area (Å²) in [5.74, 6) is 2.30. The van der Waals surface area contributed by atoms with Crippen molar-refractivity contribution in [1.29, 1.82) is 0 Å². The van der Waals surface area contributed by atoms with Gasteiger partial charge in [0.2, 0.25) is 6.79 Å². The molecular formula is C11H8INO3. The van der Waals surface area contributed by atoms with Crippen LogP contribution in [0.15, 0.2) is 22.7 Å². The second kappa shape index (κ2) is 3.65. The highest BCUT2D eigenvalue weighted by Crippen LogP contribution is 2.37. The average molecular weight is 329 g/mol. The van der Waals surface area contributed by atoms with Gasteiger partial charge in [0.1, 0.15) is 0 Å². The molecule has 1 aliphatic rings. The summed E-state index contributed by atoms with van der Waals surface area (Å²) in [4.78, 5) is 0. The maximum Gasteiger partial charge on any atom is 0.231 e. The summed E-state index contributed by atoms with van der Waals surface area (Å²) in [5.41, 5.74) is 1.85. The van der Waals surface area contributed by atoms with E-state index >= 15 is 0 Å². The quantitative estimate of drug-likeness (QED) is 0.755. The summed E-state index contributed by atoms with van der Waals surface area (Å²) in [7, 11) is 0. The van der Waals surface area contributed by atoms with Gasteiger partial charge in [-0.25, -0.2) is 0 Å². The number of nitrogens with zero attached hydrogens (tertiary/aromatic N) is 1. The maximum absolute atomic E-state index is 5.32. The van der Waals surface area contributed by atoms with Crippen molar-refractivity contribution in [2.75, 3.05) is 6.79 Å². The van der Waals surface area contributed by atoms with Crippen LogP contribution in [0.4, 0.5) is 0 Å². The second-order valence-electron chi connectivity index (χ2n) is 3.48. The van der Waals surface area contributed by atoms with Crippen LogP contribution in [0.25, 0.3) is 11.3 Å². The minimum Gasteiger partial charge on any atom is -0.454 e. The fourth-order valence-electron chi connectivity index (χ4n) is 1.58. The molecule has 0 spiro atoms. The topological polar surface area (TPSA) is 44.5 Å². The van der Waals surface area contributed by atoms with Gasteiger partial charge in [-0.2, -0.15) is 0 Å². The van der Waals surface area contributed by atoms with Crippen LogP contribution in [0.1, 0.15) is 5.69 Å². The molecule has 16 heavy (non-hydrogen) atoms. The fourth-order valence-corrected chi connectivity index (χ4v) is 2.08. The van der Waals surface area contributed by atoms with Gasteiger partial charge in [-0.1, -0.05) is 5.16 Å². The zero-order chi connectivity index (χ0) is 11.1. The molecule has 0 radical (unpaired) electrons.